The molecule has 0 radical (unpaired) electrons. The van der Waals surface area contributed by atoms with Gasteiger partial charge in [-0.15, -0.1) is 10.2 Å². The second-order valence-corrected chi connectivity index (χ2v) is 5.93. The summed E-state index contributed by atoms with van der Waals surface area (Å²) < 4.78 is 0. The molecule has 1 aliphatic heterocycles. The highest BCUT2D eigenvalue weighted by Gasteiger charge is 2.46. The summed E-state index contributed by atoms with van der Waals surface area (Å²) in [5.74, 6) is 0.153. The molecule has 8 heteroatoms. The molecule has 0 saturated carbocycles. The zero-order valence-corrected chi connectivity index (χ0v) is 12.4. The summed E-state index contributed by atoms with van der Waals surface area (Å²) >= 11 is 0. The van der Waals surface area contributed by atoms with Gasteiger partial charge in [-0.05, 0) is 25.0 Å². The van der Waals surface area contributed by atoms with E-state index in [0.29, 0.717) is 5.82 Å². The molecule has 1 atom stereocenters. The van der Waals surface area contributed by atoms with Crippen molar-refractivity contribution in [2.45, 2.75) is 45.8 Å². The number of tetrazole rings is 1. The maximum Gasteiger partial charge on any atom is 0.248 e. The quantitative estimate of drug-likeness (QED) is 0.803. The fourth-order valence-corrected chi connectivity index (χ4v) is 2.43. The molecule has 2 rings (SSSR count). The molecular weight excluding hydrogens is 260 g/mol. The van der Waals surface area contributed by atoms with Gasteiger partial charge in [0.25, 0.3) is 0 Å². The maximum atomic E-state index is 12.5. The molecule has 1 saturated heterocycles. The molecule has 1 unspecified atom stereocenters. The fraction of sp³-hybridized carbons (Fsp3) is 0.750. The van der Waals surface area contributed by atoms with Crippen molar-refractivity contribution < 1.29 is 9.59 Å². The Hall–Kier alpha value is -1.99. The molecule has 2 amide bonds. The Labute approximate surface area is 117 Å². The number of aromatic nitrogens is 4. The number of nitrogens with zero attached hydrogens (tertiary/aromatic N) is 5. The molecule has 2 heterocycles. The van der Waals surface area contributed by atoms with Crippen molar-refractivity contribution >= 4 is 11.8 Å². The lowest BCUT2D eigenvalue weighted by atomic mass is 9.91. The van der Waals surface area contributed by atoms with Crippen molar-refractivity contribution in [3.63, 3.8) is 0 Å². The predicted molar refractivity (Wildman–Crippen MR) is 70.2 cm³/mol. The van der Waals surface area contributed by atoms with Crippen molar-refractivity contribution in [2.75, 3.05) is 0 Å². The number of carbonyl (C=O) groups is 2. The average molecular weight is 280 g/mol. The monoisotopic (exact) mass is 280 g/mol. The third-order valence-corrected chi connectivity index (χ3v) is 3.33. The minimum absolute atomic E-state index is 0.00622. The Kier molecular flexibility index (Phi) is 3.49. The summed E-state index contributed by atoms with van der Waals surface area (Å²) in [5.41, 5.74) is -0.912. The normalized spacial score (nSPS) is 22.3. The second kappa shape index (κ2) is 4.84. The van der Waals surface area contributed by atoms with E-state index in [9.17, 15) is 9.59 Å². The van der Waals surface area contributed by atoms with Crippen molar-refractivity contribution in [3.05, 3.63) is 5.82 Å². The SMILES string of the molecule is CC(C)C1C(=O)NC(C)(C)C(=O)N1Cc1nnn(C)n1. The molecule has 110 valence electrons. The van der Waals surface area contributed by atoms with E-state index in [2.05, 4.69) is 20.7 Å². The Morgan fingerprint density at radius 2 is 2.00 bits per heavy atom. The van der Waals surface area contributed by atoms with Crippen LogP contribution in [0.1, 0.15) is 33.5 Å². The predicted octanol–water partition coefficient (Wildman–Crippen LogP) is -0.528. The van der Waals surface area contributed by atoms with Crippen molar-refractivity contribution in [1.82, 2.24) is 30.4 Å². The van der Waals surface area contributed by atoms with Crippen LogP contribution in [0.25, 0.3) is 0 Å². The van der Waals surface area contributed by atoms with Crippen molar-refractivity contribution in [1.29, 1.82) is 0 Å². The number of aryl methyl sites for hydroxylation is 1. The van der Waals surface area contributed by atoms with Gasteiger partial charge in [0, 0.05) is 0 Å². The third-order valence-electron chi connectivity index (χ3n) is 3.33. The van der Waals surface area contributed by atoms with Crippen LogP contribution in [0.5, 0.6) is 0 Å². The topological polar surface area (TPSA) is 93.0 Å². The number of rotatable bonds is 3. The first kappa shape index (κ1) is 14.4. The van der Waals surface area contributed by atoms with Crippen LogP contribution in [-0.2, 0) is 23.2 Å². The van der Waals surface area contributed by atoms with E-state index in [1.165, 1.54) is 4.80 Å². The smallest absolute Gasteiger partial charge is 0.248 e. The molecule has 0 spiro atoms. The standard InChI is InChI=1S/C12H20N6O2/c1-7(2)9-10(19)13-12(3,4)11(20)18(9)6-8-14-16-17(5)15-8/h7,9H,6H2,1-5H3,(H,13,19). The van der Waals surface area contributed by atoms with Crippen LogP contribution in [0.2, 0.25) is 0 Å². The molecule has 0 aliphatic carbocycles. The number of hydrogen-bond acceptors (Lipinski definition) is 5. The molecular formula is C12H20N6O2. The molecule has 1 aliphatic rings. The number of piperazine rings is 1. The third kappa shape index (κ3) is 2.50. The van der Waals surface area contributed by atoms with Gasteiger partial charge in [-0.3, -0.25) is 9.59 Å². The summed E-state index contributed by atoms with van der Waals surface area (Å²) in [7, 11) is 1.66. The van der Waals surface area contributed by atoms with Crippen LogP contribution >= 0.6 is 0 Å². The maximum absolute atomic E-state index is 12.5. The first-order valence-corrected chi connectivity index (χ1v) is 6.58. The first-order chi connectivity index (χ1) is 9.22. The highest BCUT2D eigenvalue weighted by Crippen LogP contribution is 2.23. The number of hydrogen-bond donors (Lipinski definition) is 1. The Morgan fingerprint density at radius 1 is 1.35 bits per heavy atom. The Bertz CT molecular complexity index is 536. The minimum Gasteiger partial charge on any atom is -0.340 e. The molecule has 8 nitrogen and oxygen atoms in total. The van der Waals surface area contributed by atoms with Gasteiger partial charge in [-0.2, -0.15) is 4.80 Å². The van der Waals surface area contributed by atoms with E-state index >= 15 is 0 Å². The number of amides is 2. The zero-order chi connectivity index (χ0) is 15.1. The molecule has 0 aromatic carbocycles. The van der Waals surface area contributed by atoms with Gasteiger partial charge < -0.3 is 10.2 Å². The van der Waals surface area contributed by atoms with Crippen LogP contribution in [0, 0.1) is 5.92 Å². The van der Waals surface area contributed by atoms with E-state index in [-0.39, 0.29) is 24.3 Å². The molecule has 1 aromatic rings. The van der Waals surface area contributed by atoms with E-state index in [1.54, 1.807) is 25.8 Å². The Balaban J connectivity index is 2.32. The van der Waals surface area contributed by atoms with Crippen LogP contribution in [0.4, 0.5) is 0 Å². The molecule has 1 fully saturated rings. The van der Waals surface area contributed by atoms with Gasteiger partial charge in [-0.1, -0.05) is 13.8 Å². The summed E-state index contributed by atoms with van der Waals surface area (Å²) in [5, 5.41) is 14.5. The molecule has 0 bridgehead atoms. The van der Waals surface area contributed by atoms with Crippen LogP contribution < -0.4 is 5.32 Å². The highest BCUT2D eigenvalue weighted by atomic mass is 16.2. The summed E-state index contributed by atoms with van der Waals surface area (Å²) in [4.78, 5) is 27.7. The van der Waals surface area contributed by atoms with Crippen molar-refractivity contribution in [2.24, 2.45) is 13.0 Å². The lowest BCUT2D eigenvalue weighted by Gasteiger charge is -2.43. The molecule has 1 aromatic heterocycles. The van der Waals surface area contributed by atoms with Gasteiger partial charge in [0.05, 0.1) is 13.6 Å². The van der Waals surface area contributed by atoms with E-state index in [0.717, 1.165) is 0 Å². The van der Waals surface area contributed by atoms with Crippen LogP contribution in [0.15, 0.2) is 0 Å². The number of nitrogens with one attached hydrogen (secondary N) is 1. The number of carbonyl (C=O) groups excluding carboxylic acids is 2. The van der Waals surface area contributed by atoms with E-state index in [4.69, 9.17) is 0 Å². The van der Waals surface area contributed by atoms with E-state index in [1.807, 2.05) is 13.8 Å². The van der Waals surface area contributed by atoms with Gasteiger partial charge in [-0.25, -0.2) is 0 Å². The lowest BCUT2D eigenvalue weighted by Crippen LogP contribution is -2.68. The second-order valence-electron chi connectivity index (χ2n) is 5.93. The van der Waals surface area contributed by atoms with Gasteiger partial charge in [0.15, 0.2) is 5.82 Å². The van der Waals surface area contributed by atoms with Crippen LogP contribution in [0.3, 0.4) is 0 Å². The van der Waals surface area contributed by atoms with Gasteiger partial charge in [0.1, 0.15) is 11.6 Å². The van der Waals surface area contributed by atoms with Crippen molar-refractivity contribution in [3.8, 4) is 0 Å². The van der Waals surface area contributed by atoms with Crippen LogP contribution in [-0.4, -0.2) is 48.5 Å². The summed E-state index contributed by atoms with van der Waals surface area (Å²) in [6.45, 7) is 7.40. The Morgan fingerprint density at radius 3 is 2.50 bits per heavy atom. The molecule has 1 N–H and O–H groups in total. The average Bonchev–Trinajstić information content (AvgIpc) is 2.70. The van der Waals surface area contributed by atoms with Gasteiger partial charge >= 0.3 is 0 Å². The first-order valence-electron chi connectivity index (χ1n) is 6.58. The summed E-state index contributed by atoms with van der Waals surface area (Å²) in [6, 6.07) is -0.515. The van der Waals surface area contributed by atoms with Gasteiger partial charge in [0.2, 0.25) is 11.8 Å². The lowest BCUT2D eigenvalue weighted by molar-refractivity contribution is -0.156. The van der Waals surface area contributed by atoms with E-state index < -0.39 is 11.6 Å². The highest BCUT2D eigenvalue weighted by molar-refractivity contribution is 5.99. The summed E-state index contributed by atoms with van der Waals surface area (Å²) in [6.07, 6.45) is 0. The zero-order valence-electron chi connectivity index (χ0n) is 12.4. The molecule has 20 heavy (non-hydrogen) atoms. The largest absolute Gasteiger partial charge is 0.340 e. The fourth-order valence-electron chi connectivity index (χ4n) is 2.43. The minimum atomic E-state index is -0.912.